The first-order valence-corrected chi connectivity index (χ1v) is 6.30. The van der Waals surface area contributed by atoms with E-state index in [1.54, 1.807) is 36.5 Å². The molecule has 5 nitrogen and oxygen atoms in total. The number of carbonyl (C=O) groups excluding carboxylic acids is 1. The zero-order chi connectivity index (χ0) is 14.5. The summed E-state index contributed by atoms with van der Waals surface area (Å²) in [5.74, 6) is 0.179. The second-order valence-corrected chi connectivity index (χ2v) is 4.50. The minimum atomic E-state index is -0.316. The van der Waals surface area contributed by atoms with E-state index in [1.807, 2.05) is 0 Å². The summed E-state index contributed by atoms with van der Waals surface area (Å²) in [6.45, 7) is 0.336. The van der Waals surface area contributed by atoms with Gasteiger partial charge in [0.25, 0.3) is 5.91 Å². The van der Waals surface area contributed by atoms with Crippen molar-refractivity contribution in [2.75, 3.05) is 12.8 Å². The first-order valence-electron chi connectivity index (χ1n) is 5.93. The van der Waals surface area contributed by atoms with E-state index in [2.05, 4.69) is 10.3 Å². The molecule has 3 N–H and O–H groups in total. The molecule has 0 radical (unpaired) electrons. The van der Waals surface area contributed by atoms with Crippen LogP contribution in [0.2, 0.25) is 5.02 Å². The van der Waals surface area contributed by atoms with Crippen LogP contribution in [0.1, 0.15) is 15.9 Å². The summed E-state index contributed by atoms with van der Waals surface area (Å²) in [5.41, 5.74) is 7.27. The number of benzene rings is 1. The highest BCUT2D eigenvalue weighted by Crippen LogP contribution is 2.21. The van der Waals surface area contributed by atoms with Gasteiger partial charge in [0, 0.05) is 24.5 Å². The minimum Gasteiger partial charge on any atom is -0.481 e. The number of nitrogens with two attached hydrogens (primary N) is 1. The number of anilines is 1. The number of ether oxygens (including phenoxy) is 1. The van der Waals surface area contributed by atoms with Crippen LogP contribution in [0.3, 0.4) is 0 Å². The lowest BCUT2D eigenvalue weighted by Crippen LogP contribution is -2.24. The number of pyridine rings is 1. The number of methoxy groups -OCH3 is 1. The first kappa shape index (κ1) is 14.1. The van der Waals surface area contributed by atoms with Crippen LogP contribution >= 0.6 is 11.6 Å². The summed E-state index contributed by atoms with van der Waals surface area (Å²) >= 11 is 5.98. The summed E-state index contributed by atoms with van der Waals surface area (Å²) in [5, 5.41) is 3.09. The highest BCUT2D eigenvalue weighted by molar-refractivity contribution is 6.34. The molecule has 1 heterocycles. The Morgan fingerprint density at radius 2 is 2.25 bits per heavy atom. The predicted molar refractivity (Wildman–Crippen MR) is 77.8 cm³/mol. The molecule has 0 aliphatic rings. The van der Waals surface area contributed by atoms with Gasteiger partial charge in [0.1, 0.15) is 0 Å². The fourth-order valence-corrected chi connectivity index (χ4v) is 1.99. The molecule has 1 aromatic heterocycles. The summed E-state index contributed by atoms with van der Waals surface area (Å²) in [6.07, 6.45) is 1.62. The van der Waals surface area contributed by atoms with Crippen molar-refractivity contribution in [3.63, 3.8) is 0 Å². The van der Waals surface area contributed by atoms with Crippen molar-refractivity contribution in [3.8, 4) is 5.88 Å². The standard InChI is InChI=1S/C14H14ClN3O2/c1-20-12-7-9(5-6-17-12)8-18-14(19)13-10(15)3-2-4-11(13)16/h2-7H,8,16H2,1H3,(H,18,19). The van der Waals surface area contributed by atoms with Crippen molar-refractivity contribution in [2.45, 2.75) is 6.54 Å². The molecule has 1 aromatic carbocycles. The lowest BCUT2D eigenvalue weighted by molar-refractivity contribution is 0.0952. The zero-order valence-electron chi connectivity index (χ0n) is 10.9. The maximum absolute atomic E-state index is 12.1. The number of rotatable bonds is 4. The number of hydrogen-bond acceptors (Lipinski definition) is 4. The van der Waals surface area contributed by atoms with Gasteiger partial charge >= 0.3 is 0 Å². The van der Waals surface area contributed by atoms with Gasteiger partial charge in [-0.2, -0.15) is 0 Å². The smallest absolute Gasteiger partial charge is 0.255 e. The van der Waals surface area contributed by atoms with Crippen LogP contribution in [0.25, 0.3) is 0 Å². The molecule has 0 bridgehead atoms. The van der Waals surface area contributed by atoms with Gasteiger partial charge in [-0.1, -0.05) is 17.7 Å². The Bertz CT molecular complexity index is 611. The molecule has 1 amide bonds. The van der Waals surface area contributed by atoms with Crippen LogP contribution in [-0.2, 0) is 6.54 Å². The van der Waals surface area contributed by atoms with Gasteiger partial charge in [0.2, 0.25) is 5.88 Å². The molecule has 0 spiro atoms. The number of amides is 1. The van der Waals surface area contributed by atoms with Gasteiger partial charge < -0.3 is 15.8 Å². The number of nitrogens with zero attached hydrogens (tertiary/aromatic N) is 1. The lowest BCUT2D eigenvalue weighted by Gasteiger charge is -2.09. The molecule has 0 unspecified atom stereocenters. The predicted octanol–water partition coefficient (Wildman–Crippen LogP) is 2.26. The van der Waals surface area contributed by atoms with Gasteiger partial charge in [0.15, 0.2) is 0 Å². The van der Waals surface area contributed by atoms with Crippen molar-refractivity contribution in [1.82, 2.24) is 10.3 Å². The zero-order valence-corrected chi connectivity index (χ0v) is 11.6. The number of aromatic nitrogens is 1. The highest BCUT2D eigenvalue weighted by atomic mass is 35.5. The van der Waals surface area contributed by atoms with Crippen molar-refractivity contribution in [1.29, 1.82) is 0 Å². The van der Waals surface area contributed by atoms with E-state index in [-0.39, 0.29) is 11.5 Å². The summed E-state index contributed by atoms with van der Waals surface area (Å²) in [4.78, 5) is 16.1. The molecule has 2 rings (SSSR count). The SMILES string of the molecule is COc1cc(CNC(=O)c2c(N)cccc2Cl)ccn1. The van der Waals surface area contributed by atoms with Crippen LogP contribution in [0.4, 0.5) is 5.69 Å². The van der Waals surface area contributed by atoms with Gasteiger partial charge in [-0.05, 0) is 23.8 Å². The second kappa shape index (κ2) is 6.25. The fraction of sp³-hybridized carbons (Fsp3) is 0.143. The number of hydrogen-bond donors (Lipinski definition) is 2. The molecule has 0 aliphatic carbocycles. The quantitative estimate of drug-likeness (QED) is 0.847. The average Bonchev–Trinajstić information content (AvgIpc) is 2.45. The van der Waals surface area contributed by atoms with E-state index < -0.39 is 0 Å². The minimum absolute atomic E-state index is 0.287. The molecular formula is C14H14ClN3O2. The largest absolute Gasteiger partial charge is 0.481 e. The monoisotopic (exact) mass is 291 g/mol. The van der Waals surface area contributed by atoms with E-state index >= 15 is 0 Å². The lowest BCUT2D eigenvalue weighted by atomic mass is 10.1. The second-order valence-electron chi connectivity index (χ2n) is 4.09. The molecule has 0 atom stereocenters. The number of nitrogens with one attached hydrogen (secondary N) is 1. The molecule has 20 heavy (non-hydrogen) atoms. The summed E-state index contributed by atoms with van der Waals surface area (Å²) in [7, 11) is 1.54. The molecule has 0 saturated carbocycles. The fourth-order valence-electron chi connectivity index (χ4n) is 1.72. The molecule has 2 aromatic rings. The molecule has 6 heteroatoms. The molecule has 0 fully saturated rings. The van der Waals surface area contributed by atoms with Gasteiger partial charge in [-0.3, -0.25) is 4.79 Å². The van der Waals surface area contributed by atoms with Crippen LogP contribution in [0.15, 0.2) is 36.5 Å². The third kappa shape index (κ3) is 3.19. The summed E-state index contributed by atoms with van der Waals surface area (Å²) < 4.78 is 5.02. The Balaban J connectivity index is 2.09. The van der Waals surface area contributed by atoms with Gasteiger partial charge in [0.05, 0.1) is 17.7 Å². The number of carbonyl (C=O) groups is 1. The number of halogens is 1. The van der Waals surface area contributed by atoms with E-state index in [0.29, 0.717) is 23.1 Å². The van der Waals surface area contributed by atoms with Crippen LogP contribution in [0.5, 0.6) is 5.88 Å². The Labute approximate surface area is 121 Å². The summed E-state index contributed by atoms with van der Waals surface area (Å²) in [6, 6.07) is 8.50. The maximum Gasteiger partial charge on any atom is 0.255 e. The van der Waals surface area contributed by atoms with Gasteiger partial charge in [-0.15, -0.1) is 0 Å². The van der Waals surface area contributed by atoms with E-state index in [9.17, 15) is 4.79 Å². The van der Waals surface area contributed by atoms with Gasteiger partial charge in [-0.25, -0.2) is 4.98 Å². The highest BCUT2D eigenvalue weighted by Gasteiger charge is 2.13. The molecular weight excluding hydrogens is 278 g/mol. The van der Waals surface area contributed by atoms with Crippen molar-refractivity contribution in [3.05, 3.63) is 52.7 Å². The third-order valence-electron chi connectivity index (χ3n) is 2.73. The average molecular weight is 292 g/mol. The molecule has 104 valence electrons. The van der Waals surface area contributed by atoms with Crippen molar-refractivity contribution in [2.24, 2.45) is 0 Å². The Hall–Kier alpha value is -2.27. The topological polar surface area (TPSA) is 77.2 Å². The van der Waals surface area contributed by atoms with E-state index in [4.69, 9.17) is 22.1 Å². The van der Waals surface area contributed by atoms with Crippen LogP contribution in [-0.4, -0.2) is 18.0 Å². The molecule has 0 saturated heterocycles. The number of nitrogen functional groups attached to an aromatic ring is 1. The van der Waals surface area contributed by atoms with Crippen molar-refractivity contribution >= 4 is 23.2 Å². The maximum atomic E-state index is 12.1. The third-order valence-corrected chi connectivity index (χ3v) is 3.05. The Morgan fingerprint density at radius 3 is 2.95 bits per heavy atom. The first-order chi connectivity index (χ1) is 9.61. The van der Waals surface area contributed by atoms with E-state index in [1.165, 1.54) is 7.11 Å². The Kier molecular flexibility index (Phi) is 4.42. The molecule has 0 aliphatic heterocycles. The van der Waals surface area contributed by atoms with E-state index in [0.717, 1.165) is 5.56 Å². The van der Waals surface area contributed by atoms with Crippen LogP contribution < -0.4 is 15.8 Å². The van der Waals surface area contributed by atoms with Crippen molar-refractivity contribution < 1.29 is 9.53 Å². The Morgan fingerprint density at radius 1 is 1.45 bits per heavy atom. The normalized spacial score (nSPS) is 10.1. The van der Waals surface area contributed by atoms with Crippen LogP contribution in [0, 0.1) is 0 Å².